The molecule has 0 N–H and O–H groups in total. The fraction of sp³-hybridized carbons (Fsp3) is 0.318. The highest BCUT2D eigenvalue weighted by molar-refractivity contribution is 5.71. The largest absolute Gasteiger partial charge is 0.497 e. The van der Waals surface area contributed by atoms with E-state index in [0.717, 1.165) is 30.9 Å². The molecule has 0 bridgehead atoms. The highest BCUT2D eigenvalue weighted by Gasteiger charge is 2.13. The first-order chi connectivity index (χ1) is 13.8. The number of aromatic nitrogens is 3. The zero-order chi connectivity index (χ0) is 19.2. The molecular weight excluding hydrogens is 352 g/mol. The molecule has 6 nitrogen and oxygen atoms in total. The summed E-state index contributed by atoms with van der Waals surface area (Å²) in [5, 5.41) is 0. The van der Waals surface area contributed by atoms with Gasteiger partial charge in [-0.2, -0.15) is 0 Å². The summed E-state index contributed by atoms with van der Waals surface area (Å²) in [5.41, 5.74) is 2.64. The van der Waals surface area contributed by atoms with E-state index in [1.807, 2.05) is 36.4 Å². The fourth-order valence-electron chi connectivity index (χ4n) is 3.14. The van der Waals surface area contributed by atoms with Crippen molar-refractivity contribution in [1.82, 2.24) is 19.9 Å². The SMILES string of the molecule is COc1ccc(C#Cc2nc3ncccc3nc2OCCN2CCCC2)cc1. The zero-order valence-electron chi connectivity index (χ0n) is 15.9. The molecule has 0 aliphatic carbocycles. The van der Waals surface area contributed by atoms with Crippen LogP contribution in [-0.2, 0) is 0 Å². The van der Waals surface area contributed by atoms with Gasteiger partial charge in [0.15, 0.2) is 11.3 Å². The van der Waals surface area contributed by atoms with Crippen molar-refractivity contribution in [3.63, 3.8) is 0 Å². The van der Waals surface area contributed by atoms with Gasteiger partial charge in [-0.25, -0.2) is 15.0 Å². The Balaban J connectivity index is 1.58. The second-order valence-electron chi connectivity index (χ2n) is 6.60. The summed E-state index contributed by atoms with van der Waals surface area (Å²) in [7, 11) is 1.64. The Kier molecular flexibility index (Phi) is 5.64. The lowest BCUT2D eigenvalue weighted by molar-refractivity contribution is 0.231. The van der Waals surface area contributed by atoms with E-state index < -0.39 is 0 Å². The molecule has 0 spiro atoms. The molecule has 6 heteroatoms. The average molecular weight is 374 g/mol. The van der Waals surface area contributed by atoms with Crippen LogP contribution in [0, 0.1) is 11.8 Å². The summed E-state index contributed by atoms with van der Waals surface area (Å²) in [6.45, 7) is 3.73. The molecule has 2 aromatic heterocycles. The summed E-state index contributed by atoms with van der Waals surface area (Å²) >= 11 is 0. The van der Waals surface area contributed by atoms with Gasteiger partial charge < -0.3 is 9.47 Å². The molecule has 142 valence electrons. The second-order valence-corrected chi connectivity index (χ2v) is 6.60. The highest BCUT2D eigenvalue weighted by atomic mass is 16.5. The highest BCUT2D eigenvalue weighted by Crippen LogP contribution is 2.18. The van der Waals surface area contributed by atoms with E-state index >= 15 is 0 Å². The van der Waals surface area contributed by atoms with Crippen LogP contribution in [0.3, 0.4) is 0 Å². The normalized spacial score (nSPS) is 13.9. The van der Waals surface area contributed by atoms with Gasteiger partial charge in [-0.1, -0.05) is 5.92 Å². The Hall–Kier alpha value is -3.17. The maximum atomic E-state index is 5.97. The van der Waals surface area contributed by atoms with Gasteiger partial charge in [0, 0.05) is 18.3 Å². The molecule has 1 fully saturated rings. The van der Waals surface area contributed by atoms with E-state index in [0.29, 0.717) is 29.3 Å². The molecule has 1 aliphatic rings. The number of ether oxygens (including phenoxy) is 2. The summed E-state index contributed by atoms with van der Waals surface area (Å²) in [4.78, 5) is 15.8. The van der Waals surface area contributed by atoms with Gasteiger partial charge in [0.25, 0.3) is 0 Å². The van der Waals surface area contributed by atoms with Crippen molar-refractivity contribution in [2.75, 3.05) is 33.4 Å². The number of hydrogen-bond donors (Lipinski definition) is 0. The first kappa shape index (κ1) is 18.2. The Morgan fingerprint density at radius 3 is 2.64 bits per heavy atom. The van der Waals surface area contributed by atoms with Crippen LogP contribution in [0.2, 0.25) is 0 Å². The number of rotatable bonds is 5. The third-order valence-corrected chi connectivity index (χ3v) is 4.67. The van der Waals surface area contributed by atoms with Crippen molar-refractivity contribution in [2.45, 2.75) is 12.8 Å². The van der Waals surface area contributed by atoms with Crippen molar-refractivity contribution < 1.29 is 9.47 Å². The third-order valence-electron chi connectivity index (χ3n) is 4.67. The number of pyridine rings is 1. The third kappa shape index (κ3) is 4.38. The second kappa shape index (κ2) is 8.68. The van der Waals surface area contributed by atoms with E-state index in [4.69, 9.17) is 9.47 Å². The van der Waals surface area contributed by atoms with E-state index in [-0.39, 0.29) is 0 Å². The minimum absolute atomic E-state index is 0.459. The van der Waals surface area contributed by atoms with Crippen molar-refractivity contribution in [1.29, 1.82) is 0 Å². The Bertz CT molecular complexity index is 1000. The van der Waals surface area contributed by atoms with Crippen LogP contribution in [0.5, 0.6) is 11.6 Å². The van der Waals surface area contributed by atoms with Crippen LogP contribution in [0.4, 0.5) is 0 Å². The monoisotopic (exact) mass is 374 g/mol. The zero-order valence-corrected chi connectivity index (χ0v) is 15.9. The van der Waals surface area contributed by atoms with Crippen LogP contribution >= 0.6 is 0 Å². The van der Waals surface area contributed by atoms with Gasteiger partial charge in [0.2, 0.25) is 5.88 Å². The molecule has 0 radical (unpaired) electrons. The van der Waals surface area contributed by atoms with Gasteiger partial charge in [-0.05, 0) is 68.2 Å². The smallest absolute Gasteiger partial charge is 0.249 e. The molecule has 28 heavy (non-hydrogen) atoms. The number of benzene rings is 1. The van der Waals surface area contributed by atoms with Crippen LogP contribution in [0.1, 0.15) is 24.1 Å². The summed E-state index contributed by atoms with van der Waals surface area (Å²) in [5.74, 6) is 7.47. The molecule has 0 saturated carbocycles. The fourth-order valence-corrected chi connectivity index (χ4v) is 3.14. The van der Waals surface area contributed by atoms with Gasteiger partial charge in [0.1, 0.15) is 17.9 Å². The summed E-state index contributed by atoms with van der Waals surface area (Å²) in [6, 6.07) is 11.3. The number of hydrogen-bond acceptors (Lipinski definition) is 6. The van der Waals surface area contributed by atoms with E-state index in [9.17, 15) is 0 Å². The van der Waals surface area contributed by atoms with Crippen molar-refractivity contribution >= 4 is 11.2 Å². The maximum absolute atomic E-state index is 5.97. The number of likely N-dealkylation sites (tertiary alicyclic amines) is 1. The van der Waals surface area contributed by atoms with Gasteiger partial charge >= 0.3 is 0 Å². The molecule has 0 unspecified atom stereocenters. The molecule has 1 aromatic carbocycles. The van der Waals surface area contributed by atoms with Gasteiger partial charge in [-0.3, -0.25) is 4.90 Å². The summed E-state index contributed by atoms with van der Waals surface area (Å²) in [6.07, 6.45) is 4.23. The first-order valence-electron chi connectivity index (χ1n) is 9.46. The Morgan fingerprint density at radius 1 is 1.04 bits per heavy atom. The minimum Gasteiger partial charge on any atom is -0.497 e. The van der Waals surface area contributed by atoms with Crippen LogP contribution < -0.4 is 9.47 Å². The lowest BCUT2D eigenvalue weighted by Gasteiger charge is -2.15. The van der Waals surface area contributed by atoms with Gasteiger partial charge in [-0.15, -0.1) is 0 Å². The van der Waals surface area contributed by atoms with Crippen molar-refractivity contribution in [2.24, 2.45) is 0 Å². The molecule has 4 rings (SSSR count). The first-order valence-corrected chi connectivity index (χ1v) is 9.46. The Morgan fingerprint density at radius 2 is 1.86 bits per heavy atom. The lowest BCUT2D eigenvalue weighted by atomic mass is 10.2. The molecule has 0 atom stereocenters. The minimum atomic E-state index is 0.459. The Labute approximate surface area is 164 Å². The van der Waals surface area contributed by atoms with E-state index in [1.54, 1.807) is 13.3 Å². The average Bonchev–Trinajstić information content (AvgIpc) is 3.26. The lowest BCUT2D eigenvalue weighted by Crippen LogP contribution is -2.25. The number of methoxy groups -OCH3 is 1. The van der Waals surface area contributed by atoms with Crippen LogP contribution in [0.25, 0.3) is 11.2 Å². The molecular formula is C22H22N4O2. The maximum Gasteiger partial charge on any atom is 0.249 e. The van der Waals surface area contributed by atoms with Crippen molar-refractivity contribution in [3.05, 3.63) is 53.9 Å². The van der Waals surface area contributed by atoms with E-state index in [2.05, 4.69) is 31.7 Å². The predicted molar refractivity (Wildman–Crippen MR) is 107 cm³/mol. The predicted octanol–water partition coefficient (Wildman–Crippen LogP) is 2.91. The molecule has 3 heterocycles. The molecule has 3 aromatic rings. The van der Waals surface area contributed by atoms with Gasteiger partial charge in [0.05, 0.1) is 7.11 Å². The standard InChI is InChI=1S/C22H22N4O2/c1-27-18-9-6-17(7-10-18)8-11-20-22(28-16-15-26-13-2-3-14-26)25-19-5-4-12-23-21(19)24-20/h4-7,9-10,12H,2-3,13-16H2,1H3. The number of fused-ring (bicyclic) bond motifs is 1. The number of nitrogens with zero attached hydrogens (tertiary/aromatic N) is 4. The van der Waals surface area contributed by atoms with Crippen molar-refractivity contribution in [3.8, 4) is 23.5 Å². The molecule has 1 aliphatic heterocycles. The molecule has 0 amide bonds. The van der Waals surface area contributed by atoms with Crippen LogP contribution in [0.15, 0.2) is 42.6 Å². The topological polar surface area (TPSA) is 60.4 Å². The molecule has 1 saturated heterocycles. The van der Waals surface area contributed by atoms with E-state index in [1.165, 1.54) is 12.8 Å². The quantitative estimate of drug-likeness (QED) is 0.640. The van der Waals surface area contributed by atoms with Crippen LogP contribution in [-0.4, -0.2) is 53.2 Å². The summed E-state index contributed by atoms with van der Waals surface area (Å²) < 4.78 is 11.1.